The molecule has 0 aromatic heterocycles. The van der Waals surface area contributed by atoms with E-state index < -0.39 is 0 Å². The third-order valence-corrected chi connectivity index (χ3v) is 8.50. The molecule has 42 heavy (non-hydrogen) atoms. The number of rotatable bonds is 4. The predicted molar refractivity (Wildman–Crippen MR) is 171 cm³/mol. The normalized spacial score (nSPS) is 13.0. The minimum absolute atomic E-state index is 0.0727. The smallest absolute Gasteiger partial charge is 0.193 e. The maximum atomic E-state index is 14.7. The van der Waals surface area contributed by atoms with Crippen LogP contribution in [0.1, 0.15) is 38.2 Å². The van der Waals surface area contributed by atoms with E-state index in [9.17, 15) is 4.79 Å². The number of fused-ring (bicyclic) bond motifs is 4. The number of hydrogen-bond acceptors (Lipinski definition) is 3. The van der Waals surface area contributed by atoms with Gasteiger partial charge in [0.1, 0.15) is 0 Å². The van der Waals surface area contributed by atoms with Crippen molar-refractivity contribution in [3.05, 3.63) is 179 Å². The molecule has 0 saturated carbocycles. The molecule has 0 unspecified atom stereocenters. The van der Waals surface area contributed by atoms with Crippen LogP contribution in [0, 0.1) is 0 Å². The van der Waals surface area contributed by atoms with Crippen LogP contribution in [-0.4, -0.2) is 5.78 Å². The SMILES string of the molecule is O=C(c1cccc2c1Cc1ccccc1N2c1ccccc1)c1cccc2c1Cc1ccccc1N2c1ccccc1. The molecular formula is C39H28N2O. The average Bonchev–Trinajstić information content (AvgIpc) is 3.06. The molecule has 0 N–H and O–H groups in total. The Hall–Kier alpha value is -5.41. The summed E-state index contributed by atoms with van der Waals surface area (Å²) in [5.74, 6) is 0.0727. The van der Waals surface area contributed by atoms with E-state index in [1.165, 1.54) is 11.1 Å². The Morgan fingerprint density at radius 1 is 0.405 bits per heavy atom. The largest absolute Gasteiger partial charge is 0.310 e. The number of nitrogens with zero attached hydrogens (tertiary/aromatic N) is 2. The zero-order valence-corrected chi connectivity index (χ0v) is 23.1. The van der Waals surface area contributed by atoms with Gasteiger partial charge in [0, 0.05) is 46.7 Å². The molecule has 0 aliphatic carbocycles. The van der Waals surface area contributed by atoms with Crippen molar-refractivity contribution in [3.8, 4) is 0 Å². The van der Waals surface area contributed by atoms with Crippen LogP contribution in [0.3, 0.4) is 0 Å². The Balaban J connectivity index is 1.29. The van der Waals surface area contributed by atoms with E-state index >= 15 is 0 Å². The average molecular weight is 541 g/mol. The van der Waals surface area contributed by atoms with Crippen molar-refractivity contribution in [2.24, 2.45) is 0 Å². The Kier molecular flexibility index (Phi) is 5.75. The Labute approximate surface area is 245 Å². The molecule has 0 atom stereocenters. The molecule has 0 saturated heterocycles. The first-order chi connectivity index (χ1) is 20.8. The summed E-state index contributed by atoms with van der Waals surface area (Å²) in [6.45, 7) is 0. The van der Waals surface area contributed by atoms with Crippen molar-refractivity contribution in [2.45, 2.75) is 12.8 Å². The van der Waals surface area contributed by atoms with E-state index in [0.717, 1.165) is 56.4 Å². The lowest BCUT2D eigenvalue weighted by molar-refractivity contribution is 0.103. The molecule has 3 heteroatoms. The van der Waals surface area contributed by atoms with E-state index in [1.54, 1.807) is 0 Å². The van der Waals surface area contributed by atoms with Crippen LogP contribution in [-0.2, 0) is 12.8 Å². The van der Waals surface area contributed by atoms with Gasteiger partial charge in [-0.15, -0.1) is 0 Å². The second-order valence-corrected chi connectivity index (χ2v) is 10.9. The molecule has 8 rings (SSSR count). The van der Waals surface area contributed by atoms with Crippen LogP contribution in [0.2, 0.25) is 0 Å². The fourth-order valence-electron chi connectivity index (χ4n) is 6.62. The van der Waals surface area contributed by atoms with Crippen molar-refractivity contribution in [1.29, 1.82) is 0 Å². The fraction of sp³-hybridized carbons (Fsp3) is 0.0513. The molecular weight excluding hydrogens is 512 g/mol. The van der Waals surface area contributed by atoms with Crippen LogP contribution in [0.4, 0.5) is 34.1 Å². The first-order valence-corrected chi connectivity index (χ1v) is 14.4. The third-order valence-electron chi connectivity index (χ3n) is 8.50. The zero-order valence-electron chi connectivity index (χ0n) is 23.1. The van der Waals surface area contributed by atoms with Gasteiger partial charge < -0.3 is 9.80 Å². The van der Waals surface area contributed by atoms with Crippen molar-refractivity contribution in [3.63, 3.8) is 0 Å². The number of hydrogen-bond donors (Lipinski definition) is 0. The maximum Gasteiger partial charge on any atom is 0.193 e. The highest BCUT2D eigenvalue weighted by molar-refractivity contribution is 6.13. The summed E-state index contributed by atoms with van der Waals surface area (Å²) in [6, 6.07) is 50.2. The number of ketones is 1. The number of carbonyl (C=O) groups is 1. The molecule has 2 aliphatic rings. The van der Waals surface area contributed by atoms with Crippen molar-refractivity contribution < 1.29 is 4.79 Å². The second kappa shape index (κ2) is 9.90. The first kappa shape index (κ1) is 24.4. The highest BCUT2D eigenvalue weighted by atomic mass is 16.1. The molecule has 2 heterocycles. The molecule has 3 nitrogen and oxygen atoms in total. The Morgan fingerprint density at radius 3 is 1.24 bits per heavy atom. The van der Waals surface area contributed by atoms with Crippen molar-refractivity contribution in [2.75, 3.05) is 9.80 Å². The second-order valence-electron chi connectivity index (χ2n) is 10.9. The molecule has 0 spiro atoms. The summed E-state index contributed by atoms with van der Waals surface area (Å²) in [5.41, 5.74) is 12.7. The number of para-hydroxylation sites is 4. The van der Waals surface area contributed by atoms with Crippen LogP contribution in [0.5, 0.6) is 0 Å². The van der Waals surface area contributed by atoms with Crippen molar-refractivity contribution >= 4 is 39.9 Å². The number of carbonyl (C=O) groups excluding carboxylic acids is 1. The highest BCUT2D eigenvalue weighted by Gasteiger charge is 2.31. The molecule has 0 bridgehead atoms. The Morgan fingerprint density at radius 2 is 0.786 bits per heavy atom. The number of anilines is 6. The monoisotopic (exact) mass is 540 g/mol. The Bertz CT molecular complexity index is 1820. The molecule has 6 aromatic carbocycles. The molecule has 200 valence electrons. The fourth-order valence-corrected chi connectivity index (χ4v) is 6.62. The summed E-state index contributed by atoms with van der Waals surface area (Å²) in [5, 5.41) is 0. The molecule has 2 aliphatic heterocycles. The van der Waals surface area contributed by atoms with Gasteiger partial charge in [-0.2, -0.15) is 0 Å². The van der Waals surface area contributed by atoms with Gasteiger partial charge >= 0.3 is 0 Å². The summed E-state index contributed by atoms with van der Waals surface area (Å²) in [6.07, 6.45) is 1.43. The number of benzene rings is 6. The molecule has 0 fully saturated rings. The molecule has 6 aromatic rings. The zero-order chi connectivity index (χ0) is 28.0. The van der Waals surface area contributed by atoms with Gasteiger partial charge in [0.05, 0.1) is 11.4 Å². The van der Waals surface area contributed by atoms with Gasteiger partial charge in [0.25, 0.3) is 0 Å². The third kappa shape index (κ3) is 3.86. The molecule has 0 amide bonds. The lowest BCUT2D eigenvalue weighted by Gasteiger charge is -2.35. The first-order valence-electron chi connectivity index (χ1n) is 14.4. The van der Waals surface area contributed by atoms with Crippen molar-refractivity contribution in [1.82, 2.24) is 0 Å². The lowest BCUT2D eigenvalue weighted by atomic mass is 9.85. The van der Waals surface area contributed by atoms with E-state index in [-0.39, 0.29) is 5.78 Å². The van der Waals surface area contributed by atoms with Crippen LogP contribution < -0.4 is 9.80 Å². The quantitative estimate of drug-likeness (QED) is 0.208. The lowest BCUT2D eigenvalue weighted by Crippen LogP contribution is -2.23. The van der Waals surface area contributed by atoms with Gasteiger partial charge in [-0.05, 0) is 70.8 Å². The van der Waals surface area contributed by atoms with E-state index in [2.05, 4.69) is 119 Å². The van der Waals surface area contributed by atoms with Gasteiger partial charge in [0.15, 0.2) is 5.78 Å². The van der Waals surface area contributed by atoms with E-state index in [4.69, 9.17) is 0 Å². The summed E-state index contributed by atoms with van der Waals surface area (Å²) in [7, 11) is 0. The van der Waals surface area contributed by atoms with Gasteiger partial charge in [-0.3, -0.25) is 4.79 Å². The minimum atomic E-state index is 0.0727. The van der Waals surface area contributed by atoms with Crippen LogP contribution >= 0.6 is 0 Å². The summed E-state index contributed by atoms with van der Waals surface area (Å²) < 4.78 is 0. The maximum absolute atomic E-state index is 14.7. The van der Waals surface area contributed by atoms with Gasteiger partial charge in [-0.1, -0.05) is 97.1 Å². The van der Waals surface area contributed by atoms with Gasteiger partial charge in [0.2, 0.25) is 0 Å². The molecule has 0 radical (unpaired) electrons. The topological polar surface area (TPSA) is 23.6 Å². The van der Waals surface area contributed by atoms with E-state index in [1.807, 2.05) is 36.4 Å². The van der Waals surface area contributed by atoms with E-state index in [0.29, 0.717) is 12.8 Å². The summed E-state index contributed by atoms with van der Waals surface area (Å²) >= 11 is 0. The highest BCUT2D eigenvalue weighted by Crippen LogP contribution is 2.47. The van der Waals surface area contributed by atoms with Gasteiger partial charge in [-0.25, -0.2) is 0 Å². The standard InChI is InChI=1S/C39H28N2O/c42-39(31-19-11-23-37-33(31)25-27-13-7-9-21-35(27)40(37)29-15-3-1-4-16-29)32-20-12-24-38-34(32)26-28-14-8-10-22-36(28)41(38)30-17-5-2-6-18-30/h1-24H,25-26H2. The van der Waals surface area contributed by atoms with Crippen LogP contribution in [0.15, 0.2) is 146 Å². The summed E-state index contributed by atoms with van der Waals surface area (Å²) in [4.78, 5) is 19.2. The van der Waals surface area contributed by atoms with Crippen LogP contribution in [0.25, 0.3) is 0 Å². The predicted octanol–water partition coefficient (Wildman–Crippen LogP) is 9.67. The minimum Gasteiger partial charge on any atom is -0.310 e.